The molecule has 1 atom stereocenters. The Hall–Kier alpha value is -2.05. The molecule has 6 nitrogen and oxygen atoms in total. The van der Waals surface area contributed by atoms with Crippen LogP contribution in [0.5, 0.6) is 5.75 Å². The van der Waals surface area contributed by atoms with Gasteiger partial charge in [0.25, 0.3) is 0 Å². The van der Waals surface area contributed by atoms with Crippen molar-refractivity contribution in [1.82, 2.24) is 5.32 Å². The summed E-state index contributed by atoms with van der Waals surface area (Å²) in [6.07, 6.45) is 0.587. The van der Waals surface area contributed by atoms with Gasteiger partial charge in [-0.25, -0.2) is 4.79 Å². The second-order valence-electron chi connectivity index (χ2n) is 6.00. The number of nitrogens with one attached hydrogen (secondary N) is 1. The Balaban J connectivity index is 0.00000312. The van der Waals surface area contributed by atoms with Crippen molar-refractivity contribution in [1.29, 1.82) is 0 Å². The highest BCUT2D eigenvalue weighted by molar-refractivity contribution is 5.85. The highest BCUT2D eigenvalue weighted by Gasteiger charge is 2.14. The lowest BCUT2D eigenvalue weighted by atomic mass is 10.0. The molecule has 0 saturated carbocycles. The first-order valence-electron chi connectivity index (χ1n) is 8.03. The zero-order chi connectivity index (χ0) is 17.7. The molecule has 138 valence electrons. The van der Waals surface area contributed by atoms with E-state index < -0.39 is 5.63 Å². The molecule has 0 aliphatic heterocycles. The van der Waals surface area contributed by atoms with Crippen LogP contribution >= 0.6 is 12.4 Å². The number of methoxy groups -OCH3 is 1. The molecule has 2 rings (SSSR count). The van der Waals surface area contributed by atoms with E-state index in [9.17, 15) is 9.59 Å². The van der Waals surface area contributed by atoms with Gasteiger partial charge in [-0.3, -0.25) is 4.79 Å². The molecule has 2 aromatic rings. The summed E-state index contributed by atoms with van der Waals surface area (Å²) in [4.78, 5) is 24.1. The third kappa shape index (κ3) is 5.21. The summed E-state index contributed by atoms with van der Waals surface area (Å²) in [5.41, 5.74) is 6.98. The van der Waals surface area contributed by atoms with E-state index in [-0.39, 0.29) is 30.7 Å². The van der Waals surface area contributed by atoms with Gasteiger partial charge >= 0.3 is 5.63 Å². The van der Waals surface area contributed by atoms with E-state index in [1.54, 1.807) is 13.2 Å². The third-order valence-electron chi connectivity index (χ3n) is 4.15. The molecule has 1 aromatic heterocycles. The van der Waals surface area contributed by atoms with E-state index in [2.05, 4.69) is 5.32 Å². The molecule has 0 radical (unpaired) electrons. The number of benzene rings is 1. The minimum absolute atomic E-state index is 0. The van der Waals surface area contributed by atoms with E-state index in [1.165, 1.54) is 0 Å². The molecule has 25 heavy (non-hydrogen) atoms. The van der Waals surface area contributed by atoms with Gasteiger partial charge in [0.05, 0.1) is 7.11 Å². The Morgan fingerprint density at radius 2 is 2.12 bits per heavy atom. The van der Waals surface area contributed by atoms with E-state index in [4.69, 9.17) is 14.9 Å². The van der Waals surface area contributed by atoms with Crippen LogP contribution in [0.3, 0.4) is 0 Å². The highest BCUT2D eigenvalue weighted by atomic mass is 35.5. The summed E-state index contributed by atoms with van der Waals surface area (Å²) in [7, 11) is 1.56. The molecular weight excluding hydrogens is 344 g/mol. The Bertz CT molecular complexity index is 788. The zero-order valence-electron chi connectivity index (χ0n) is 14.8. The van der Waals surface area contributed by atoms with Crippen LogP contribution in [0, 0.1) is 12.8 Å². The van der Waals surface area contributed by atoms with Crippen LogP contribution in [0.1, 0.15) is 24.5 Å². The summed E-state index contributed by atoms with van der Waals surface area (Å²) < 4.78 is 10.5. The van der Waals surface area contributed by atoms with Crippen LogP contribution < -0.4 is 21.4 Å². The number of hydrogen-bond acceptors (Lipinski definition) is 5. The van der Waals surface area contributed by atoms with Crippen LogP contribution in [0.2, 0.25) is 0 Å². The number of carbonyl (C=O) groups is 1. The predicted octanol–water partition coefficient (Wildman–Crippen LogP) is 2.18. The molecule has 3 N–H and O–H groups in total. The van der Waals surface area contributed by atoms with Gasteiger partial charge in [-0.2, -0.15) is 0 Å². The fourth-order valence-electron chi connectivity index (χ4n) is 2.49. The molecule has 1 unspecified atom stereocenters. The van der Waals surface area contributed by atoms with E-state index in [0.29, 0.717) is 36.4 Å². The second-order valence-corrected chi connectivity index (χ2v) is 6.00. The molecule has 0 aliphatic carbocycles. The van der Waals surface area contributed by atoms with E-state index in [1.807, 2.05) is 26.0 Å². The lowest BCUT2D eigenvalue weighted by Gasteiger charge is -2.11. The Morgan fingerprint density at radius 3 is 2.76 bits per heavy atom. The van der Waals surface area contributed by atoms with Crippen molar-refractivity contribution in [3.63, 3.8) is 0 Å². The fraction of sp³-hybridized carbons (Fsp3) is 0.444. The number of fused-ring (bicyclic) bond motifs is 1. The van der Waals surface area contributed by atoms with Crippen molar-refractivity contribution in [3.8, 4) is 5.75 Å². The van der Waals surface area contributed by atoms with Crippen molar-refractivity contribution in [2.24, 2.45) is 11.7 Å². The number of carbonyl (C=O) groups excluding carboxylic acids is 1. The number of aryl methyl sites for hydroxylation is 1. The predicted molar refractivity (Wildman–Crippen MR) is 101 cm³/mol. The molecule has 0 saturated heterocycles. The van der Waals surface area contributed by atoms with Crippen LogP contribution in [0.15, 0.2) is 27.4 Å². The third-order valence-corrected chi connectivity index (χ3v) is 4.15. The summed E-state index contributed by atoms with van der Waals surface area (Å²) in [6, 6.07) is 5.37. The van der Waals surface area contributed by atoms with Crippen LogP contribution in [0.4, 0.5) is 0 Å². The van der Waals surface area contributed by atoms with Crippen LogP contribution in [-0.4, -0.2) is 26.1 Å². The lowest BCUT2D eigenvalue weighted by Crippen LogP contribution is -2.31. The summed E-state index contributed by atoms with van der Waals surface area (Å²) >= 11 is 0. The first kappa shape index (κ1) is 21.0. The summed E-state index contributed by atoms with van der Waals surface area (Å²) in [5.74, 6) is 0.770. The number of hydrogen-bond donors (Lipinski definition) is 2. The quantitative estimate of drug-likeness (QED) is 0.730. The van der Waals surface area contributed by atoms with Gasteiger partial charge in [0.2, 0.25) is 5.91 Å². The average Bonchev–Trinajstić information content (AvgIpc) is 2.58. The number of ether oxygens (including phenoxy) is 1. The van der Waals surface area contributed by atoms with Crippen molar-refractivity contribution in [2.45, 2.75) is 26.7 Å². The van der Waals surface area contributed by atoms with Crippen LogP contribution in [-0.2, 0) is 11.2 Å². The Morgan fingerprint density at radius 1 is 1.40 bits per heavy atom. The number of halogens is 1. The maximum absolute atomic E-state index is 12.2. The molecule has 0 spiro atoms. The standard InChI is InChI=1S/C18H24N2O4.ClH/c1-11(9-19)10-20-17(21)7-6-15-12(2)14-5-4-13(23-3)8-16(14)24-18(15)22;/h4-5,8,11H,6-7,9-10,19H2,1-3H3,(H,20,21);1H. The molecule has 0 bridgehead atoms. The van der Waals surface area contributed by atoms with E-state index >= 15 is 0 Å². The van der Waals surface area contributed by atoms with Gasteiger partial charge in [0, 0.05) is 30.0 Å². The lowest BCUT2D eigenvalue weighted by molar-refractivity contribution is -0.121. The van der Waals surface area contributed by atoms with Crippen LogP contribution in [0.25, 0.3) is 11.0 Å². The first-order valence-corrected chi connectivity index (χ1v) is 8.03. The molecule has 1 heterocycles. The average molecular weight is 369 g/mol. The molecule has 1 amide bonds. The highest BCUT2D eigenvalue weighted by Crippen LogP contribution is 2.24. The number of rotatable bonds is 7. The first-order chi connectivity index (χ1) is 11.5. The largest absolute Gasteiger partial charge is 0.497 e. The SMILES string of the molecule is COc1ccc2c(C)c(CCC(=O)NCC(C)CN)c(=O)oc2c1.Cl. The smallest absolute Gasteiger partial charge is 0.339 e. The summed E-state index contributed by atoms with van der Waals surface area (Å²) in [5, 5.41) is 3.68. The minimum Gasteiger partial charge on any atom is -0.497 e. The van der Waals surface area contributed by atoms with Gasteiger partial charge in [-0.1, -0.05) is 6.92 Å². The topological polar surface area (TPSA) is 94.6 Å². The molecule has 1 aromatic carbocycles. The number of amides is 1. The normalized spacial score (nSPS) is 11.7. The van der Waals surface area contributed by atoms with Gasteiger partial charge in [-0.05, 0) is 43.5 Å². The number of nitrogens with two attached hydrogens (primary N) is 1. The molecule has 0 fully saturated rings. The second kappa shape index (κ2) is 9.44. The monoisotopic (exact) mass is 368 g/mol. The molecular formula is C18H25ClN2O4. The maximum atomic E-state index is 12.2. The van der Waals surface area contributed by atoms with Crippen molar-refractivity contribution < 1.29 is 13.9 Å². The van der Waals surface area contributed by atoms with Crippen molar-refractivity contribution in [3.05, 3.63) is 39.7 Å². The van der Waals surface area contributed by atoms with Crippen molar-refractivity contribution >= 4 is 29.3 Å². The Labute approximate surface area is 153 Å². The summed E-state index contributed by atoms with van der Waals surface area (Å²) in [6.45, 7) is 4.91. The fourth-order valence-corrected chi connectivity index (χ4v) is 2.49. The van der Waals surface area contributed by atoms with Gasteiger partial charge in [0.15, 0.2) is 0 Å². The zero-order valence-corrected chi connectivity index (χ0v) is 15.6. The minimum atomic E-state index is -0.406. The van der Waals surface area contributed by atoms with E-state index in [0.717, 1.165) is 10.9 Å². The van der Waals surface area contributed by atoms with Gasteiger partial charge in [-0.15, -0.1) is 12.4 Å². The molecule has 0 aliphatic rings. The maximum Gasteiger partial charge on any atom is 0.339 e. The van der Waals surface area contributed by atoms with Gasteiger partial charge in [0.1, 0.15) is 11.3 Å². The van der Waals surface area contributed by atoms with Gasteiger partial charge < -0.3 is 20.2 Å². The molecule has 7 heteroatoms. The Kier molecular flexibility index (Phi) is 7.93. The van der Waals surface area contributed by atoms with Crippen molar-refractivity contribution in [2.75, 3.05) is 20.2 Å².